The molecule has 210 valence electrons. The fourth-order valence-electron chi connectivity index (χ4n) is 6.48. The van der Waals surface area contributed by atoms with Crippen LogP contribution in [0.1, 0.15) is 0 Å². The van der Waals surface area contributed by atoms with Crippen LogP contribution in [0.3, 0.4) is 0 Å². The maximum absolute atomic E-state index is 6.34. The average molecular weight is 575 g/mol. The summed E-state index contributed by atoms with van der Waals surface area (Å²) < 4.78 is 6.34. The molecule has 0 unspecified atom stereocenters. The van der Waals surface area contributed by atoms with Gasteiger partial charge in [-0.3, -0.25) is 0 Å². The number of fused-ring (bicyclic) bond motifs is 3. The molecule has 9 rings (SSSR count). The largest absolute Gasteiger partial charge is 0.456 e. The predicted octanol–water partition coefficient (Wildman–Crippen LogP) is 11.2. The predicted molar refractivity (Wildman–Crippen MR) is 184 cm³/mol. The van der Waals surface area contributed by atoms with Crippen LogP contribution in [0.25, 0.3) is 77.7 Å². The van der Waals surface area contributed by atoms with Crippen molar-refractivity contribution in [2.75, 3.05) is 0 Å². The monoisotopic (exact) mass is 574 g/mol. The van der Waals surface area contributed by atoms with Gasteiger partial charge in [0.05, 0.1) is 11.4 Å². The van der Waals surface area contributed by atoms with Gasteiger partial charge in [0.15, 0.2) is 5.82 Å². The highest BCUT2D eigenvalue weighted by Crippen LogP contribution is 2.48. The van der Waals surface area contributed by atoms with Gasteiger partial charge in [-0.2, -0.15) is 0 Å². The van der Waals surface area contributed by atoms with Gasteiger partial charge in [-0.25, -0.2) is 9.97 Å². The highest BCUT2D eigenvalue weighted by atomic mass is 16.5. The SMILES string of the molecule is c1ccc(-c2cc(-c3ccccc3)nc(-c3ccc4ccc(-c5ccc6c7c(cccc57)-c5ccccc5O6)cc4c3)n2)cc1. The second-order valence-corrected chi connectivity index (χ2v) is 11.4. The van der Waals surface area contributed by atoms with Crippen molar-refractivity contribution in [1.82, 2.24) is 9.97 Å². The lowest BCUT2D eigenvalue weighted by Gasteiger charge is -2.22. The van der Waals surface area contributed by atoms with Crippen LogP contribution in [-0.4, -0.2) is 9.97 Å². The zero-order chi connectivity index (χ0) is 29.7. The molecule has 0 saturated heterocycles. The van der Waals surface area contributed by atoms with E-state index in [0.29, 0.717) is 5.82 Å². The first kappa shape index (κ1) is 25.4. The van der Waals surface area contributed by atoms with Crippen LogP contribution in [0.4, 0.5) is 0 Å². The average Bonchev–Trinajstić information content (AvgIpc) is 3.12. The molecule has 3 nitrogen and oxygen atoms in total. The molecule has 0 bridgehead atoms. The number of aromatic nitrogens is 2. The molecule has 0 atom stereocenters. The van der Waals surface area contributed by atoms with Crippen LogP contribution in [0.2, 0.25) is 0 Å². The lowest BCUT2D eigenvalue weighted by atomic mass is 9.90. The number of para-hydroxylation sites is 1. The molecule has 0 radical (unpaired) electrons. The van der Waals surface area contributed by atoms with E-state index in [4.69, 9.17) is 14.7 Å². The Hall–Kier alpha value is -6.06. The maximum atomic E-state index is 6.34. The van der Waals surface area contributed by atoms with E-state index in [0.717, 1.165) is 61.5 Å². The maximum Gasteiger partial charge on any atom is 0.160 e. The van der Waals surface area contributed by atoms with Crippen molar-refractivity contribution < 1.29 is 4.74 Å². The minimum Gasteiger partial charge on any atom is -0.456 e. The van der Waals surface area contributed by atoms with Crippen LogP contribution in [0, 0.1) is 0 Å². The van der Waals surface area contributed by atoms with E-state index in [1.165, 1.54) is 21.9 Å². The minimum atomic E-state index is 0.708. The topological polar surface area (TPSA) is 35.0 Å². The molecule has 0 amide bonds. The van der Waals surface area contributed by atoms with E-state index in [1.807, 2.05) is 48.5 Å². The summed E-state index contributed by atoms with van der Waals surface area (Å²) in [6.45, 7) is 0. The Kier molecular flexibility index (Phi) is 5.82. The van der Waals surface area contributed by atoms with Gasteiger partial charge in [0.1, 0.15) is 11.5 Å². The molecule has 0 aliphatic carbocycles. The van der Waals surface area contributed by atoms with Crippen LogP contribution in [0.5, 0.6) is 11.5 Å². The second kappa shape index (κ2) is 10.3. The molecule has 1 aliphatic rings. The van der Waals surface area contributed by atoms with E-state index in [-0.39, 0.29) is 0 Å². The Morgan fingerprint density at radius 2 is 1.02 bits per heavy atom. The van der Waals surface area contributed by atoms with Gasteiger partial charge in [-0.1, -0.05) is 127 Å². The number of hydrogen-bond donors (Lipinski definition) is 0. The fourth-order valence-corrected chi connectivity index (χ4v) is 6.48. The van der Waals surface area contributed by atoms with Crippen molar-refractivity contribution in [3.8, 4) is 67.7 Å². The van der Waals surface area contributed by atoms with Crippen molar-refractivity contribution in [1.29, 1.82) is 0 Å². The molecule has 8 aromatic rings. The van der Waals surface area contributed by atoms with Crippen molar-refractivity contribution in [2.24, 2.45) is 0 Å². The quantitative estimate of drug-likeness (QED) is 0.210. The first-order valence-corrected chi connectivity index (χ1v) is 15.2. The standard InChI is InChI=1S/C42H26N2O/c1-3-10-28(11-4-1)37-26-38(29-12-5-2-6-13-29)44-42(43-37)31-21-19-27-18-20-30(24-32(27)25-31)33-22-23-40-41-35(33)15-9-16-36(41)34-14-7-8-17-39(34)45-40/h1-26H. The van der Waals surface area contributed by atoms with Crippen LogP contribution in [0.15, 0.2) is 158 Å². The molecular weight excluding hydrogens is 548 g/mol. The second-order valence-electron chi connectivity index (χ2n) is 11.4. The number of nitrogens with zero attached hydrogens (tertiary/aromatic N) is 2. The highest BCUT2D eigenvalue weighted by Gasteiger charge is 2.21. The first-order valence-electron chi connectivity index (χ1n) is 15.2. The van der Waals surface area contributed by atoms with Crippen molar-refractivity contribution in [3.63, 3.8) is 0 Å². The normalized spacial score (nSPS) is 11.7. The van der Waals surface area contributed by atoms with Crippen LogP contribution >= 0.6 is 0 Å². The summed E-state index contributed by atoms with van der Waals surface area (Å²) in [5, 5.41) is 4.65. The molecule has 7 aromatic carbocycles. The molecule has 0 fully saturated rings. The van der Waals surface area contributed by atoms with Crippen molar-refractivity contribution in [3.05, 3.63) is 158 Å². The number of hydrogen-bond acceptors (Lipinski definition) is 3. The van der Waals surface area contributed by atoms with E-state index in [9.17, 15) is 0 Å². The third-order valence-corrected chi connectivity index (χ3v) is 8.67. The van der Waals surface area contributed by atoms with Crippen LogP contribution < -0.4 is 4.74 Å². The Labute approximate surface area is 261 Å². The van der Waals surface area contributed by atoms with E-state index < -0.39 is 0 Å². The van der Waals surface area contributed by atoms with E-state index in [1.54, 1.807) is 0 Å². The zero-order valence-electron chi connectivity index (χ0n) is 24.3. The van der Waals surface area contributed by atoms with Gasteiger partial charge < -0.3 is 4.74 Å². The number of ether oxygens (including phenoxy) is 1. The summed E-state index contributed by atoms with van der Waals surface area (Å²) in [6.07, 6.45) is 0. The van der Waals surface area contributed by atoms with Gasteiger partial charge in [0, 0.05) is 27.6 Å². The molecule has 3 heteroatoms. The molecule has 1 aromatic heterocycles. The fraction of sp³-hybridized carbons (Fsp3) is 0. The molecule has 0 spiro atoms. The Morgan fingerprint density at radius 1 is 0.378 bits per heavy atom. The Balaban J connectivity index is 1.18. The molecule has 0 saturated carbocycles. The smallest absolute Gasteiger partial charge is 0.160 e. The molecule has 1 aliphatic heterocycles. The number of benzene rings is 7. The summed E-state index contributed by atoms with van der Waals surface area (Å²) in [7, 11) is 0. The van der Waals surface area contributed by atoms with Gasteiger partial charge in [-0.05, 0) is 63.2 Å². The summed E-state index contributed by atoms with van der Waals surface area (Å²) in [6, 6.07) is 55.0. The zero-order valence-corrected chi connectivity index (χ0v) is 24.3. The Bertz CT molecular complexity index is 2340. The van der Waals surface area contributed by atoms with Crippen LogP contribution in [-0.2, 0) is 0 Å². The van der Waals surface area contributed by atoms with Crippen molar-refractivity contribution in [2.45, 2.75) is 0 Å². The Morgan fingerprint density at radius 3 is 1.78 bits per heavy atom. The molecular formula is C42H26N2O. The lowest BCUT2D eigenvalue weighted by Crippen LogP contribution is -1.97. The third-order valence-electron chi connectivity index (χ3n) is 8.67. The summed E-state index contributed by atoms with van der Waals surface area (Å²) in [4.78, 5) is 10.1. The van der Waals surface area contributed by atoms with Gasteiger partial charge >= 0.3 is 0 Å². The highest BCUT2D eigenvalue weighted by molar-refractivity contribution is 6.10. The first-order chi connectivity index (χ1) is 22.3. The lowest BCUT2D eigenvalue weighted by molar-refractivity contribution is 0.487. The van der Waals surface area contributed by atoms with Gasteiger partial charge in [0.25, 0.3) is 0 Å². The van der Waals surface area contributed by atoms with E-state index >= 15 is 0 Å². The third kappa shape index (κ3) is 4.37. The van der Waals surface area contributed by atoms with E-state index in [2.05, 4.69) is 109 Å². The molecule has 2 heterocycles. The number of rotatable bonds is 4. The van der Waals surface area contributed by atoms with Gasteiger partial charge in [0.2, 0.25) is 0 Å². The minimum absolute atomic E-state index is 0.708. The molecule has 45 heavy (non-hydrogen) atoms. The summed E-state index contributed by atoms with van der Waals surface area (Å²) in [5.74, 6) is 2.51. The van der Waals surface area contributed by atoms with Gasteiger partial charge in [-0.15, -0.1) is 0 Å². The summed E-state index contributed by atoms with van der Waals surface area (Å²) >= 11 is 0. The molecule has 0 N–H and O–H groups in total. The van der Waals surface area contributed by atoms with Crippen molar-refractivity contribution >= 4 is 21.5 Å². The summed E-state index contributed by atoms with van der Waals surface area (Å²) in [5.41, 5.74) is 9.60.